The molecule has 0 radical (unpaired) electrons. The number of ether oxygens (including phenoxy) is 1. The number of anilines is 2. The van der Waals surface area contributed by atoms with E-state index in [0.29, 0.717) is 11.3 Å². The van der Waals surface area contributed by atoms with Gasteiger partial charge in [-0.05, 0) is 48.7 Å². The fourth-order valence-corrected chi connectivity index (χ4v) is 2.73. The molecule has 1 atom stereocenters. The smallest absolute Gasteiger partial charge is 0.228 e. The van der Waals surface area contributed by atoms with Crippen molar-refractivity contribution < 1.29 is 13.9 Å². The Hall–Kier alpha value is -2.40. The second kappa shape index (κ2) is 7.93. The first-order valence-electron chi connectivity index (χ1n) is 8.19. The molecule has 24 heavy (non-hydrogen) atoms. The molecule has 1 amide bonds. The van der Waals surface area contributed by atoms with Crippen LogP contribution in [0.4, 0.5) is 15.8 Å². The van der Waals surface area contributed by atoms with Crippen LogP contribution in [0.1, 0.15) is 18.4 Å². The summed E-state index contributed by atoms with van der Waals surface area (Å²) in [5.74, 6) is -0.596. The van der Waals surface area contributed by atoms with Gasteiger partial charge in [0.15, 0.2) is 0 Å². The number of rotatable bonds is 6. The van der Waals surface area contributed by atoms with Gasteiger partial charge < -0.3 is 15.4 Å². The number of hydrogen-bond donors (Lipinski definition) is 2. The molecule has 2 aromatic carbocycles. The highest BCUT2D eigenvalue weighted by Crippen LogP contribution is 2.17. The highest BCUT2D eigenvalue weighted by molar-refractivity contribution is 5.92. The minimum atomic E-state index is -0.360. The Labute approximate surface area is 141 Å². The lowest BCUT2D eigenvalue weighted by atomic mass is 10.1. The van der Waals surface area contributed by atoms with E-state index in [1.54, 1.807) is 18.2 Å². The Bertz CT molecular complexity index is 682. The zero-order valence-corrected chi connectivity index (χ0v) is 13.4. The molecule has 0 aromatic heterocycles. The summed E-state index contributed by atoms with van der Waals surface area (Å²) < 4.78 is 19.1. The van der Waals surface area contributed by atoms with E-state index >= 15 is 0 Å². The summed E-state index contributed by atoms with van der Waals surface area (Å²) in [4.78, 5) is 12.0. The fourth-order valence-electron chi connectivity index (χ4n) is 2.73. The van der Waals surface area contributed by atoms with E-state index in [2.05, 4.69) is 10.6 Å². The van der Waals surface area contributed by atoms with Crippen molar-refractivity contribution in [1.82, 2.24) is 0 Å². The number of carbonyl (C=O) groups excluding carboxylic acids is 1. The SMILES string of the molecule is O=C(Cc1ccccc1F)Nc1ccc(NCC2CCCO2)cc1. The van der Waals surface area contributed by atoms with Crippen LogP contribution in [0.15, 0.2) is 48.5 Å². The van der Waals surface area contributed by atoms with Crippen molar-refractivity contribution in [3.63, 3.8) is 0 Å². The average Bonchev–Trinajstić information content (AvgIpc) is 3.10. The van der Waals surface area contributed by atoms with Crippen LogP contribution in [0, 0.1) is 5.82 Å². The van der Waals surface area contributed by atoms with Crippen LogP contribution in [0.25, 0.3) is 0 Å². The van der Waals surface area contributed by atoms with Crippen LogP contribution in [-0.4, -0.2) is 25.2 Å². The topological polar surface area (TPSA) is 50.4 Å². The van der Waals surface area contributed by atoms with E-state index in [1.807, 2.05) is 24.3 Å². The van der Waals surface area contributed by atoms with Crippen molar-refractivity contribution in [2.24, 2.45) is 0 Å². The maximum Gasteiger partial charge on any atom is 0.228 e. The molecule has 1 fully saturated rings. The minimum absolute atomic E-state index is 0.0195. The first-order chi connectivity index (χ1) is 11.7. The highest BCUT2D eigenvalue weighted by Gasteiger charge is 2.14. The van der Waals surface area contributed by atoms with Gasteiger partial charge in [0.05, 0.1) is 12.5 Å². The predicted octanol–water partition coefficient (Wildman–Crippen LogP) is 3.60. The van der Waals surface area contributed by atoms with Gasteiger partial charge >= 0.3 is 0 Å². The quantitative estimate of drug-likeness (QED) is 0.852. The molecule has 0 aliphatic carbocycles. The minimum Gasteiger partial charge on any atom is -0.382 e. The van der Waals surface area contributed by atoms with E-state index in [-0.39, 0.29) is 24.2 Å². The molecule has 2 aromatic rings. The largest absolute Gasteiger partial charge is 0.382 e. The molecule has 2 N–H and O–H groups in total. The van der Waals surface area contributed by atoms with Crippen molar-refractivity contribution in [3.8, 4) is 0 Å². The van der Waals surface area contributed by atoms with Gasteiger partial charge in [-0.25, -0.2) is 4.39 Å². The zero-order valence-electron chi connectivity index (χ0n) is 13.4. The molecule has 1 aliphatic heterocycles. The molecule has 1 unspecified atom stereocenters. The van der Waals surface area contributed by atoms with Crippen LogP contribution in [0.3, 0.4) is 0 Å². The van der Waals surface area contributed by atoms with Gasteiger partial charge in [-0.15, -0.1) is 0 Å². The molecule has 3 rings (SSSR count). The summed E-state index contributed by atoms with van der Waals surface area (Å²) in [7, 11) is 0. The van der Waals surface area contributed by atoms with Gasteiger partial charge in [0.1, 0.15) is 5.82 Å². The van der Waals surface area contributed by atoms with Gasteiger partial charge in [-0.2, -0.15) is 0 Å². The average molecular weight is 328 g/mol. The number of halogens is 1. The monoisotopic (exact) mass is 328 g/mol. The summed E-state index contributed by atoms with van der Waals surface area (Å²) in [6, 6.07) is 13.8. The van der Waals surface area contributed by atoms with E-state index in [9.17, 15) is 9.18 Å². The van der Waals surface area contributed by atoms with Crippen molar-refractivity contribution in [3.05, 3.63) is 59.9 Å². The van der Waals surface area contributed by atoms with Crippen LogP contribution in [0.5, 0.6) is 0 Å². The van der Waals surface area contributed by atoms with Gasteiger partial charge in [-0.3, -0.25) is 4.79 Å². The van der Waals surface area contributed by atoms with Gasteiger partial charge in [0, 0.05) is 24.5 Å². The lowest BCUT2D eigenvalue weighted by Crippen LogP contribution is -2.18. The Morgan fingerprint density at radius 2 is 1.88 bits per heavy atom. The van der Waals surface area contributed by atoms with Crippen LogP contribution >= 0.6 is 0 Å². The highest BCUT2D eigenvalue weighted by atomic mass is 19.1. The summed E-state index contributed by atoms with van der Waals surface area (Å²) in [6.45, 7) is 1.64. The normalized spacial score (nSPS) is 16.8. The van der Waals surface area contributed by atoms with Crippen LogP contribution in [-0.2, 0) is 16.0 Å². The Kier molecular flexibility index (Phi) is 5.43. The maximum absolute atomic E-state index is 13.6. The van der Waals surface area contributed by atoms with Gasteiger partial charge in [-0.1, -0.05) is 18.2 Å². The third kappa shape index (κ3) is 4.55. The molecule has 5 heteroatoms. The molecule has 126 valence electrons. The van der Waals surface area contributed by atoms with Gasteiger partial charge in [0.25, 0.3) is 0 Å². The lowest BCUT2D eigenvalue weighted by Gasteiger charge is -2.12. The van der Waals surface area contributed by atoms with Crippen LogP contribution < -0.4 is 10.6 Å². The molecule has 4 nitrogen and oxygen atoms in total. The van der Waals surface area contributed by atoms with E-state index in [4.69, 9.17) is 4.74 Å². The molecular weight excluding hydrogens is 307 g/mol. The van der Waals surface area contributed by atoms with E-state index < -0.39 is 0 Å². The molecule has 0 spiro atoms. The molecule has 0 saturated carbocycles. The summed E-state index contributed by atoms with van der Waals surface area (Å²) in [5, 5.41) is 6.11. The Morgan fingerprint density at radius 3 is 2.58 bits per heavy atom. The van der Waals surface area contributed by atoms with Crippen molar-refractivity contribution in [1.29, 1.82) is 0 Å². The maximum atomic E-state index is 13.6. The number of amides is 1. The third-order valence-electron chi connectivity index (χ3n) is 4.04. The van der Waals surface area contributed by atoms with Gasteiger partial charge in [0.2, 0.25) is 5.91 Å². The molecule has 1 aliphatic rings. The number of carbonyl (C=O) groups is 1. The second-order valence-electron chi connectivity index (χ2n) is 5.91. The second-order valence-corrected chi connectivity index (χ2v) is 5.91. The first-order valence-corrected chi connectivity index (χ1v) is 8.19. The van der Waals surface area contributed by atoms with E-state index in [1.165, 1.54) is 6.07 Å². The van der Waals surface area contributed by atoms with Crippen molar-refractivity contribution in [2.45, 2.75) is 25.4 Å². The Morgan fingerprint density at radius 1 is 1.12 bits per heavy atom. The Balaban J connectivity index is 1.50. The molecule has 1 heterocycles. The van der Waals surface area contributed by atoms with Crippen molar-refractivity contribution in [2.75, 3.05) is 23.8 Å². The predicted molar refractivity (Wildman–Crippen MR) is 92.6 cm³/mol. The number of nitrogens with one attached hydrogen (secondary N) is 2. The standard InChI is InChI=1S/C19H21FN2O2/c20-18-6-2-1-4-14(18)12-19(23)22-16-9-7-15(8-10-16)21-13-17-5-3-11-24-17/h1-2,4,6-10,17,21H,3,5,11-13H2,(H,22,23). The lowest BCUT2D eigenvalue weighted by molar-refractivity contribution is -0.115. The number of benzene rings is 2. The summed E-state index contributed by atoms with van der Waals surface area (Å²) in [6.07, 6.45) is 2.52. The summed E-state index contributed by atoms with van der Waals surface area (Å²) in [5.41, 5.74) is 2.07. The van der Waals surface area contributed by atoms with Crippen molar-refractivity contribution >= 4 is 17.3 Å². The third-order valence-corrected chi connectivity index (χ3v) is 4.04. The fraction of sp³-hybridized carbons (Fsp3) is 0.316. The summed E-state index contributed by atoms with van der Waals surface area (Å²) >= 11 is 0. The van der Waals surface area contributed by atoms with E-state index in [0.717, 1.165) is 31.7 Å². The molecular formula is C19H21FN2O2. The molecule has 1 saturated heterocycles. The van der Waals surface area contributed by atoms with Crippen LogP contribution in [0.2, 0.25) is 0 Å². The first kappa shape index (κ1) is 16.5. The molecule has 0 bridgehead atoms. The number of hydrogen-bond acceptors (Lipinski definition) is 3. The zero-order chi connectivity index (χ0) is 16.8.